The van der Waals surface area contributed by atoms with Crippen LogP contribution in [-0.4, -0.2) is 90.7 Å². The van der Waals surface area contributed by atoms with Crippen molar-refractivity contribution in [1.29, 1.82) is 0 Å². The first-order chi connectivity index (χ1) is 26.4. The van der Waals surface area contributed by atoms with Gasteiger partial charge in [-0.15, -0.1) is 0 Å². The van der Waals surface area contributed by atoms with Gasteiger partial charge in [0.05, 0.1) is 39.2 Å². The highest BCUT2D eigenvalue weighted by Crippen LogP contribution is 2.45. The van der Waals surface area contributed by atoms with Gasteiger partial charge in [-0.1, -0.05) is 75.0 Å². The number of amides is 4. The molecule has 1 aliphatic rings. The number of imidazole rings is 1. The Bertz CT molecular complexity index is 2050. The molecule has 1 heterocycles. The van der Waals surface area contributed by atoms with Crippen LogP contribution < -0.4 is 16.0 Å². The number of aromatic amines is 1. The minimum absolute atomic E-state index is 0.0913. The molecule has 290 valence electrons. The van der Waals surface area contributed by atoms with Gasteiger partial charge in [0, 0.05) is 24.5 Å². The predicted octanol–water partition coefficient (Wildman–Crippen LogP) is 6.44. The molecule has 5 rings (SSSR count). The number of carbonyl (C=O) groups excluding carboxylic acids is 4. The van der Waals surface area contributed by atoms with E-state index in [4.69, 9.17) is 0 Å². The molecule has 0 unspecified atom stereocenters. The first kappa shape index (κ1) is 40.1. The van der Waals surface area contributed by atoms with E-state index in [1.165, 1.54) is 14.2 Å². The lowest BCUT2D eigenvalue weighted by Gasteiger charge is -2.25. The van der Waals surface area contributed by atoms with Crippen LogP contribution in [0.1, 0.15) is 51.4 Å². The van der Waals surface area contributed by atoms with E-state index in [2.05, 4.69) is 110 Å². The molecule has 55 heavy (non-hydrogen) atoms. The zero-order chi connectivity index (χ0) is 39.5. The fourth-order valence-electron chi connectivity index (χ4n) is 6.27. The molecule has 3 aromatic carbocycles. The summed E-state index contributed by atoms with van der Waals surface area (Å²) in [6.07, 6.45) is 5.35. The number of H-pyrrole nitrogens is 1. The van der Waals surface area contributed by atoms with Crippen molar-refractivity contribution in [3.63, 3.8) is 0 Å². The maximum atomic E-state index is 13.0. The van der Waals surface area contributed by atoms with Crippen LogP contribution in [0, 0.1) is 5.41 Å². The number of carbonyl (C=O) groups is 4. The number of ether oxygens (including phenoxy) is 2. The van der Waals surface area contributed by atoms with E-state index < -0.39 is 12.2 Å². The van der Waals surface area contributed by atoms with Gasteiger partial charge in [-0.05, 0) is 76.8 Å². The van der Waals surface area contributed by atoms with Crippen molar-refractivity contribution in [2.24, 2.45) is 5.41 Å². The van der Waals surface area contributed by atoms with E-state index in [9.17, 15) is 19.2 Å². The first-order valence-electron chi connectivity index (χ1n) is 18.4. The van der Waals surface area contributed by atoms with Crippen LogP contribution in [0.2, 0.25) is 0 Å². The topological polar surface area (TPSA) is 158 Å². The number of allylic oxidation sites excluding steroid dienone is 1. The van der Waals surface area contributed by atoms with Crippen LogP contribution in [0.5, 0.6) is 0 Å². The van der Waals surface area contributed by atoms with Crippen LogP contribution in [0.25, 0.3) is 38.9 Å². The Hall–Kier alpha value is -6.11. The van der Waals surface area contributed by atoms with E-state index in [0.29, 0.717) is 37.7 Å². The highest BCUT2D eigenvalue weighted by Gasteiger charge is 2.40. The summed E-state index contributed by atoms with van der Waals surface area (Å²) in [6, 6.07) is 20.9. The quantitative estimate of drug-likeness (QED) is 0.0961. The minimum atomic E-state index is -0.651. The van der Waals surface area contributed by atoms with Crippen molar-refractivity contribution in [3.8, 4) is 22.4 Å². The average Bonchev–Trinajstić information content (AvgIpc) is 3.74. The Kier molecular flexibility index (Phi) is 13.3. The van der Waals surface area contributed by atoms with Gasteiger partial charge in [0.2, 0.25) is 11.8 Å². The summed E-state index contributed by atoms with van der Waals surface area (Å²) in [5, 5.41) is 10.5. The molecular weight excluding hydrogens is 699 g/mol. The van der Waals surface area contributed by atoms with Crippen LogP contribution >= 0.6 is 0 Å². The van der Waals surface area contributed by atoms with Gasteiger partial charge in [-0.2, -0.15) is 0 Å². The zero-order valence-electron chi connectivity index (χ0n) is 32.3. The average molecular weight is 750 g/mol. The molecule has 4 N–H and O–H groups in total. The Labute approximate surface area is 322 Å². The Morgan fingerprint density at radius 1 is 0.873 bits per heavy atom. The van der Waals surface area contributed by atoms with Crippen LogP contribution in [-0.2, 0) is 25.6 Å². The lowest BCUT2D eigenvalue weighted by molar-refractivity contribution is -0.132. The molecule has 4 aromatic rings. The third-order valence-corrected chi connectivity index (χ3v) is 9.65. The molecule has 0 radical (unpaired) electrons. The minimum Gasteiger partial charge on any atom is -0.453 e. The van der Waals surface area contributed by atoms with Crippen molar-refractivity contribution in [2.45, 2.75) is 46.6 Å². The molecule has 0 spiro atoms. The van der Waals surface area contributed by atoms with Gasteiger partial charge in [0.25, 0.3) is 0 Å². The standard InChI is InChI=1S/C42H51N7O6/c1-7-19-48(38(50)23-44-40(52)54-5)25-28(3)46-35(8-2)34-16-15-32-20-31(13-14-33(32)21-34)29-9-11-30(12-10-29)36-22-43-37(47-36)26-49(27-42(4)17-18-42)39(51)24-45-41(53)55-6/h8-16,20-22,46H,3,7,17-19,23-27H2,1-2,4-6H3,(H,43,47)(H,44,52)(H,45,53)/b35-8-. The summed E-state index contributed by atoms with van der Waals surface area (Å²) in [6.45, 7) is 11.7. The van der Waals surface area contributed by atoms with Crippen LogP contribution in [0.15, 0.2) is 85.2 Å². The molecule has 0 bridgehead atoms. The largest absolute Gasteiger partial charge is 0.453 e. The fraction of sp³-hybridized carbons (Fsp3) is 0.357. The number of fused-ring (bicyclic) bond motifs is 1. The van der Waals surface area contributed by atoms with E-state index in [1.54, 1.807) is 16.0 Å². The van der Waals surface area contributed by atoms with E-state index in [-0.39, 0.29) is 30.3 Å². The van der Waals surface area contributed by atoms with Crippen LogP contribution in [0.4, 0.5) is 9.59 Å². The van der Waals surface area contributed by atoms with Crippen molar-refractivity contribution in [2.75, 3.05) is 46.9 Å². The van der Waals surface area contributed by atoms with Crippen molar-refractivity contribution >= 4 is 40.5 Å². The normalized spacial score (nSPS) is 13.1. The predicted molar refractivity (Wildman–Crippen MR) is 213 cm³/mol. The summed E-state index contributed by atoms with van der Waals surface area (Å²) in [5.74, 6) is 0.259. The summed E-state index contributed by atoms with van der Waals surface area (Å²) < 4.78 is 9.19. The second-order valence-corrected chi connectivity index (χ2v) is 14.1. The number of hydrogen-bond donors (Lipinski definition) is 4. The number of rotatable bonds is 17. The number of benzene rings is 3. The SMILES string of the molecule is C=C(CN(CCC)C(=O)CNC(=O)OC)N/C(=C\C)c1ccc2cc(-c3ccc(-c4cnc(CN(CC5(C)CC5)C(=O)CNC(=O)OC)[nH]4)cc3)ccc2c1. The maximum absolute atomic E-state index is 13.0. The number of methoxy groups -OCH3 is 2. The van der Waals surface area contributed by atoms with Gasteiger partial charge < -0.3 is 40.2 Å². The van der Waals surface area contributed by atoms with Crippen molar-refractivity contribution < 1.29 is 28.7 Å². The number of nitrogens with one attached hydrogen (secondary N) is 4. The van der Waals surface area contributed by atoms with E-state index in [1.807, 2.05) is 19.9 Å². The Balaban J connectivity index is 1.22. The first-order valence-corrected chi connectivity index (χ1v) is 18.4. The second kappa shape index (κ2) is 18.3. The summed E-state index contributed by atoms with van der Waals surface area (Å²) in [7, 11) is 2.53. The summed E-state index contributed by atoms with van der Waals surface area (Å²) >= 11 is 0. The van der Waals surface area contributed by atoms with Crippen LogP contribution in [0.3, 0.4) is 0 Å². The molecule has 13 nitrogen and oxygen atoms in total. The molecule has 1 aromatic heterocycles. The molecule has 1 fully saturated rings. The number of aromatic nitrogens is 2. The van der Waals surface area contributed by atoms with Gasteiger partial charge in [-0.25, -0.2) is 14.6 Å². The highest BCUT2D eigenvalue weighted by atomic mass is 16.5. The fourth-order valence-corrected chi connectivity index (χ4v) is 6.27. The summed E-state index contributed by atoms with van der Waals surface area (Å²) in [4.78, 5) is 60.1. The number of alkyl carbamates (subject to hydrolysis) is 2. The van der Waals surface area contributed by atoms with Gasteiger partial charge in [-0.3, -0.25) is 9.59 Å². The molecule has 1 aliphatic carbocycles. The Morgan fingerprint density at radius 2 is 1.47 bits per heavy atom. The molecule has 1 saturated carbocycles. The molecule has 4 amide bonds. The van der Waals surface area contributed by atoms with Gasteiger partial charge in [0.15, 0.2) is 0 Å². The smallest absolute Gasteiger partial charge is 0.407 e. The molecule has 0 atom stereocenters. The van der Waals surface area contributed by atoms with Crippen molar-refractivity contribution in [1.82, 2.24) is 35.7 Å². The third kappa shape index (κ3) is 11.0. The molecule has 0 saturated heterocycles. The zero-order valence-corrected chi connectivity index (χ0v) is 32.3. The lowest BCUT2D eigenvalue weighted by atomic mass is 9.98. The van der Waals surface area contributed by atoms with Crippen molar-refractivity contribution in [3.05, 3.63) is 96.6 Å². The van der Waals surface area contributed by atoms with Gasteiger partial charge >= 0.3 is 12.2 Å². The van der Waals surface area contributed by atoms with E-state index >= 15 is 0 Å². The second-order valence-electron chi connectivity index (χ2n) is 14.1. The molecule has 13 heteroatoms. The highest BCUT2D eigenvalue weighted by molar-refractivity contribution is 5.90. The van der Waals surface area contributed by atoms with Gasteiger partial charge in [0.1, 0.15) is 18.9 Å². The Morgan fingerprint density at radius 3 is 2.09 bits per heavy atom. The summed E-state index contributed by atoms with van der Waals surface area (Å²) in [5.41, 5.74) is 6.58. The third-order valence-electron chi connectivity index (χ3n) is 9.65. The monoisotopic (exact) mass is 749 g/mol. The van der Waals surface area contributed by atoms with E-state index in [0.717, 1.165) is 63.7 Å². The lowest BCUT2D eigenvalue weighted by Crippen LogP contribution is -2.42. The number of nitrogens with zero attached hydrogens (tertiary/aromatic N) is 3. The number of hydrogen-bond acceptors (Lipinski definition) is 8. The molecular formula is C42H51N7O6. The maximum Gasteiger partial charge on any atom is 0.407 e. The molecule has 0 aliphatic heterocycles.